The van der Waals surface area contributed by atoms with Gasteiger partial charge in [-0.3, -0.25) is 9.69 Å². The number of imidazole rings is 1. The molecule has 0 radical (unpaired) electrons. The SMILES string of the molecule is COC(=O)N1c2ccc3c(nc(C[C@H]4CC[C@H](OC)CC4)n3[C@H]3CC[C@H](C(=O)O)CC3)c2CC[C@@H]1C. The second kappa shape index (κ2) is 10.4. The summed E-state index contributed by atoms with van der Waals surface area (Å²) in [4.78, 5) is 31.2. The zero-order valence-corrected chi connectivity index (χ0v) is 21.7. The van der Waals surface area contributed by atoms with Gasteiger partial charge in [0.2, 0.25) is 0 Å². The number of aryl methyl sites for hydroxylation is 1. The number of benzene rings is 1. The van der Waals surface area contributed by atoms with Gasteiger partial charge >= 0.3 is 12.1 Å². The summed E-state index contributed by atoms with van der Waals surface area (Å²) in [6, 6.07) is 4.50. The molecule has 196 valence electrons. The minimum Gasteiger partial charge on any atom is -0.481 e. The van der Waals surface area contributed by atoms with Gasteiger partial charge in [-0.2, -0.15) is 0 Å². The van der Waals surface area contributed by atoms with Crippen LogP contribution in [-0.4, -0.2) is 53.1 Å². The van der Waals surface area contributed by atoms with Crippen molar-refractivity contribution in [1.82, 2.24) is 9.55 Å². The molecule has 0 unspecified atom stereocenters. The van der Waals surface area contributed by atoms with Crippen LogP contribution in [0.2, 0.25) is 0 Å². The highest BCUT2D eigenvalue weighted by Gasteiger charge is 2.34. The Morgan fingerprint density at radius 2 is 1.75 bits per heavy atom. The Kier molecular flexibility index (Phi) is 7.24. The molecule has 2 fully saturated rings. The van der Waals surface area contributed by atoms with Crippen molar-refractivity contribution in [3.05, 3.63) is 23.5 Å². The van der Waals surface area contributed by atoms with Crippen molar-refractivity contribution in [3.63, 3.8) is 0 Å². The van der Waals surface area contributed by atoms with Crippen molar-refractivity contribution >= 4 is 28.8 Å². The Morgan fingerprint density at radius 3 is 2.39 bits per heavy atom. The smallest absolute Gasteiger partial charge is 0.414 e. The Hall–Kier alpha value is -2.61. The van der Waals surface area contributed by atoms with Crippen molar-refractivity contribution in [2.75, 3.05) is 19.1 Å². The molecule has 0 bridgehead atoms. The van der Waals surface area contributed by atoms with Crippen LogP contribution in [0.1, 0.15) is 82.1 Å². The lowest BCUT2D eigenvalue weighted by Crippen LogP contribution is -2.42. The van der Waals surface area contributed by atoms with Crippen molar-refractivity contribution in [1.29, 1.82) is 0 Å². The maximum atomic E-state index is 12.6. The third-order valence-corrected chi connectivity index (χ3v) is 8.91. The lowest BCUT2D eigenvalue weighted by molar-refractivity contribution is -0.143. The zero-order valence-electron chi connectivity index (χ0n) is 21.7. The number of hydrogen-bond acceptors (Lipinski definition) is 5. The van der Waals surface area contributed by atoms with E-state index in [1.807, 2.05) is 0 Å². The van der Waals surface area contributed by atoms with Crippen LogP contribution in [0.25, 0.3) is 11.0 Å². The molecule has 5 rings (SSSR count). The molecule has 1 amide bonds. The predicted octanol–water partition coefficient (Wildman–Crippen LogP) is 5.51. The lowest BCUT2D eigenvalue weighted by Gasteiger charge is -2.34. The Bertz CT molecular complexity index is 1110. The third-order valence-electron chi connectivity index (χ3n) is 8.91. The van der Waals surface area contributed by atoms with Crippen LogP contribution in [0.4, 0.5) is 10.5 Å². The summed E-state index contributed by atoms with van der Waals surface area (Å²) in [5.41, 5.74) is 4.14. The number of anilines is 1. The molecule has 2 heterocycles. The van der Waals surface area contributed by atoms with Crippen LogP contribution in [0.5, 0.6) is 0 Å². The lowest BCUT2D eigenvalue weighted by atomic mass is 9.84. The molecule has 8 heteroatoms. The van der Waals surface area contributed by atoms with Gasteiger partial charge in [-0.05, 0) is 89.2 Å². The number of nitrogens with zero attached hydrogens (tertiary/aromatic N) is 3. The Morgan fingerprint density at radius 1 is 1.03 bits per heavy atom. The number of ether oxygens (including phenoxy) is 2. The molecule has 36 heavy (non-hydrogen) atoms. The van der Waals surface area contributed by atoms with E-state index in [1.165, 1.54) is 7.11 Å². The van der Waals surface area contributed by atoms with Crippen LogP contribution in [0.15, 0.2) is 12.1 Å². The maximum absolute atomic E-state index is 12.6. The number of aliphatic carboxylic acids is 1. The number of carboxylic acid groups (broad SMARTS) is 1. The quantitative estimate of drug-likeness (QED) is 0.586. The predicted molar refractivity (Wildman–Crippen MR) is 137 cm³/mol. The average molecular weight is 498 g/mol. The summed E-state index contributed by atoms with van der Waals surface area (Å²) < 4.78 is 13.1. The fourth-order valence-corrected chi connectivity index (χ4v) is 6.79. The number of carbonyl (C=O) groups is 2. The Labute approximate surface area is 213 Å². The molecule has 3 aliphatic rings. The molecule has 8 nitrogen and oxygen atoms in total. The summed E-state index contributed by atoms with van der Waals surface area (Å²) in [6.45, 7) is 2.06. The van der Waals surface area contributed by atoms with E-state index in [-0.39, 0.29) is 24.1 Å². The fourth-order valence-electron chi connectivity index (χ4n) is 6.79. The number of amides is 1. The molecule has 1 aliphatic heterocycles. The largest absolute Gasteiger partial charge is 0.481 e. The summed E-state index contributed by atoms with van der Waals surface area (Å²) in [6.07, 6.45) is 10.3. The molecule has 2 aliphatic carbocycles. The van der Waals surface area contributed by atoms with Gasteiger partial charge in [0.05, 0.1) is 35.9 Å². The number of carbonyl (C=O) groups excluding carboxylic acids is 1. The number of hydrogen-bond donors (Lipinski definition) is 1. The first kappa shape index (κ1) is 25.1. The van der Waals surface area contributed by atoms with E-state index in [9.17, 15) is 14.7 Å². The normalized spacial score (nSPS) is 28.6. The fraction of sp³-hybridized carbons (Fsp3) is 0.679. The molecular formula is C28H39N3O5. The van der Waals surface area contributed by atoms with Gasteiger partial charge in [-0.25, -0.2) is 9.78 Å². The highest BCUT2D eigenvalue weighted by Crippen LogP contribution is 2.41. The van der Waals surface area contributed by atoms with Gasteiger partial charge in [-0.1, -0.05) is 0 Å². The van der Waals surface area contributed by atoms with Crippen LogP contribution >= 0.6 is 0 Å². The zero-order chi connectivity index (χ0) is 25.4. The average Bonchev–Trinajstić information content (AvgIpc) is 3.26. The van der Waals surface area contributed by atoms with E-state index in [1.54, 1.807) is 12.0 Å². The van der Waals surface area contributed by atoms with Crippen LogP contribution in [0.3, 0.4) is 0 Å². The molecule has 1 atom stereocenters. The van der Waals surface area contributed by atoms with Crippen LogP contribution < -0.4 is 4.90 Å². The Balaban J connectivity index is 1.53. The van der Waals surface area contributed by atoms with E-state index in [0.717, 1.165) is 85.9 Å². The maximum Gasteiger partial charge on any atom is 0.414 e. The second-order valence-corrected chi connectivity index (χ2v) is 11.0. The summed E-state index contributed by atoms with van der Waals surface area (Å²) in [5.74, 6) is 0.767. The molecule has 2 saturated carbocycles. The van der Waals surface area contributed by atoms with E-state index in [0.29, 0.717) is 24.9 Å². The minimum absolute atomic E-state index is 0.0752. The van der Waals surface area contributed by atoms with Crippen LogP contribution in [0, 0.1) is 11.8 Å². The van der Waals surface area contributed by atoms with Gasteiger partial charge in [0.25, 0.3) is 0 Å². The van der Waals surface area contributed by atoms with Gasteiger partial charge in [0, 0.05) is 31.2 Å². The highest BCUT2D eigenvalue weighted by molar-refractivity contribution is 5.95. The molecule has 2 aromatic rings. The molecule has 0 spiro atoms. The van der Waals surface area contributed by atoms with E-state index in [4.69, 9.17) is 14.5 Å². The molecule has 1 aromatic heterocycles. The summed E-state index contributed by atoms with van der Waals surface area (Å²) >= 11 is 0. The first-order chi connectivity index (χ1) is 17.4. The van der Waals surface area contributed by atoms with E-state index < -0.39 is 5.97 Å². The van der Waals surface area contributed by atoms with E-state index >= 15 is 0 Å². The second-order valence-electron chi connectivity index (χ2n) is 11.0. The first-order valence-electron chi connectivity index (χ1n) is 13.6. The summed E-state index contributed by atoms with van der Waals surface area (Å²) in [5, 5.41) is 9.51. The van der Waals surface area contributed by atoms with Crippen LogP contribution in [-0.2, 0) is 27.1 Å². The van der Waals surface area contributed by atoms with Crippen molar-refractivity contribution in [2.24, 2.45) is 11.8 Å². The highest BCUT2D eigenvalue weighted by atomic mass is 16.5. The standard InChI is InChI=1S/C28H39N3O5/c1-17-4-13-22-23(30(17)28(34)36-3)14-15-24-26(22)29-25(16-18-5-11-21(35-2)12-6-18)31(24)20-9-7-19(8-10-20)27(32)33/h14-15,17-21H,4-13,16H2,1-3H3,(H,32,33)/t17-,18-,19-,20-,21-/m0/s1. The van der Waals surface area contributed by atoms with Gasteiger partial charge in [0.15, 0.2) is 0 Å². The topological polar surface area (TPSA) is 93.9 Å². The number of rotatable bonds is 5. The number of methoxy groups -OCH3 is 2. The van der Waals surface area contributed by atoms with Crippen molar-refractivity contribution in [3.8, 4) is 0 Å². The number of aromatic nitrogens is 2. The van der Waals surface area contributed by atoms with Gasteiger partial charge in [-0.15, -0.1) is 0 Å². The van der Waals surface area contributed by atoms with Crippen molar-refractivity contribution < 1.29 is 24.2 Å². The van der Waals surface area contributed by atoms with Gasteiger partial charge < -0.3 is 19.1 Å². The molecule has 1 N–H and O–H groups in total. The minimum atomic E-state index is -0.676. The molecule has 0 saturated heterocycles. The molecule has 1 aromatic carbocycles. The van der Waals surface area contributed by atoms with E-state index in [2.05, 4.69) is 23.6 Å². The number of fused-ring (bicyclic) bond motifs is 3. The number of carboxylic acids is 1. The summed E-state index contributed by atoms with van der Waals surface area (Å²) in [7, 11) is 3.24. The first-order valence-corrected chi connectivity index (χ1v) is 13.6. The van der Waals surface area contributed by atoms with Crippen molar-refractivity contribution in [2.45, 2.75) is 95.7 Å². The van der Waals surface area contributed by atoms with Gasteiger partial charge in [0.1, 0.15) is 5.82 Å². The molecular weight excluding hydrogens is 458 g/mol. The monoisotopic (exact) mass is 497 g/mol. The third kappa shape index (κ3) is 4.60.